The molecule has 2 aromatic heterocycles. The van der Waals surface area contributed by atoms with Gasteiger partial charge in [-0.1, -0.05) is 60.5 Å². The number of carbonyl (C=O) groups is 1. The van der Waals surface area contributed by atoms with Gasteiger partial charge in [-0.2, -0.15) is 9.97 Å². The van der Waals surface area contributed by atoms with Crippen molar-refractivity contribution < 1.29 is 32.5 Å². The summed E-state index contributed by atoms with van der Waals surface area (Å²) in [5.74, 6) is 2.72. The van der Waals surface area contributed by atoms with E-state index in [1.165, 1.54) is 19.4 Å². The first kappa shape index (κ1) is 46.9. The van der Waals surface area contributed by atoms with Crippen LogP contribution in [0.25, 0.3) is 32.9 Å². The van der Waals surface area contributed by atoms with E-state index in [0.29, 0.717) is 46.2 Å². The molecule has 336 valence electrons. The van der Waals surface area contributed by atoms with Gasteiger partial charge in [0.1, 0.15) is 43.1 Å². The molecule has 0 radical (unpaired) electrons. The van der Waals surface area contributed by atoms with E-state index in [0.717, 1.165) is 45.2 Å². The number of likely N-dealkylation sites (tertiary alicyclic amines) is 1. The van der Waals surface area contributed by atoms with Crippen molar-refractivity contribution in [2.24, 2.45) is 0 Å². The van der Waals surface area contributed by atoms with Crippen LogP contribution < -0.4 is 14.5 Å². The van der Waals surface area contributed by atoms with Gasteiger partial charge in [0.2, 0.25) is 0 Å². The van der Waals surface area contributed by atoms with Gasteiger partial charge in [-0.05, 0) is 113 Å². The van der Waals surface area contributed by atoms with Crippen molar-refractivity contribution in [3.05, 3.63) is 47.7 Å². The molecule has 0 spiro atoms. The van der Waals surface area contributed by atoms with Crippen molar-refractivity contribution in [1.82, 2.24) is 24.9 Å². The number of benzene rings is 2. The molecule has 0 N–H and O–H groups in total. The molecule has 4 aromatic rings. The lowest BCUT2D eigenvalue weighted by Gasteiger charge is -2.38. The highest BCUT2D eigenvalue weighted by atomic mass is 28.3. The minimum Gasteiger partial charge on any atom is -0.468 e. The van der Waals surface area contributed by atoms with Crippen LogP contribution in [-0.4, -0.2) is 96.9 Å². The standard InChI is InChI=1S/C48H66F2N6O5Si/c1-13-54-22-17-21-48(54,11)29-59-45-52-43-38(44(53-45)55-23-15-14-16-24-56(55)46(57)61-47(8,9)10)28-51-42(41(43)50)37-27-35(60-30-58-12)26-34-18-19-39(49)36(40(34)37)20-25-62(31(2)3,32(4)5)33(6)7/h18-19,26-28,31-33H,13-17,21-24,29-30H2,1-12H3/t48-/m1/s1. The molecule has 2 aliphatic heterocycles. The van der Waals surface area contributed by atoms with Crippen molar-refractivity contribution in [3.63, 3.8) is 0 Å². The number of amides is 1. The molecular formula is C48H66F2N6O5Si. The summed E-state index contributed by atoms with van der Waals surface area (Å²) >= 11 is 0. The Morgan fingerprint density at radius 3 is 2.32 bits per heavy atom. The predicted molar refractivity (Wildman–Crippen MR) is 245 cm³/mol. The Morgan fingerprint density at radius 1 is 0.952 bits per heavy atom. The quantitative estimate of drug-likeness (QED) is 0.0777. The number of hydrogen-bond donors (Lipinski definition) is 0. The van der Waals surface area contributed by atoms with E-state index in [2.05, 4.69) is 71.8 Å². The van der Waals surface area contributed by atoms with Crippen LogP contribution in [-0.2, 0) is 9.47 Å². The lowest BCUT2D eigenvalue weighted by atomic mass is 9.95. The van der Waals surface area contributed by atoms with Gasteiger partial charge >= 0.3 is 12.1 Å². The number of hydrogen-bond acceptors (Lipinski definition) is 10. The van der Waals surface area contributed by atoms with Gasteiger partial charge in [-0.3, -0.25) is 14.9 Å². The second-order valence-corrected chi connectivity index (χ2v) is 24.5. The van der Waals surface area contributed by atoms with Crippen molar-refractivity contribution in [1.29, 1.82) is 0 Å². The SMILES string of the molecule is CCN1CCC[C@]1(C)COc1nc(N2CCCCCN2C(=O)OC(C)(C)C)c2cnc(-c3cc(OCOC)cc4ccc(F)c(C#C[Si](C(C)C)(C(C)C)C(C)C)c34)c(F)c2n1. The smallest absolute Gasteiger partial charge is 0.429 e. The van der Waals surface area contributed by atoms with Crippen LogP contribution in [0.3, 0.4) is 0 Å². The second kappa shape index (κ2) is 19.0. The Hall–Kier alpha value is -4.58. The molecule has 11 nitrogen and oxygen atoms in total. The summed E-state index contributed by atoms with van der Waals surface area (Å²) in [6, 6.07) is 6.45. The molecule has 14 heteroatoms. The molecule has 4 heterocycles. The van der Waals surface area contributed by atoms with E-state index in [1.54, 1.807) is 28.2 Å². The zero-order valence-electron chi connectivity index (χ0n) is 38.9. The van der Waals surface area contributed by atoms with Gasteiger partial charge < -0.3 is 18.9 Å². The highest BCUT2D eigenvalue weighted by Crippen LogP contribution is 2.43. The number of ether oxygens (including phenoxy) is 4. The van der Waals surface area contributed by atoms with Gasteiger partial charge in [0, 0.05) is 37.3 Å². The van der Waals surface area contributed by atoms with E-state index in [1.807, 2.05) is 20.8 Å². The Labute approximate surface area is 367 Å². The van der Waals surface area contributed by atoms with Crippen LogP contribution >= 0.6 is 0 Å². The number of carbonyl (C=O) groups excluding carboxylic acids is 1. The fourth-order valence-electron chi connectivity index (χ4n) is 9.68. The molecule has 0 bridgehead atoms. The average Bonchev–Trinajstić information content (AvgIpc) is 3.41. The molecule has 1 amide bonds. The number of fused-ring (bicyclic) bond motifs is 2. The first-order valence-corrected chi connectivity index (χ1v) is 24.5. The van der Waals surface area contributed by atoms with Crippen molar-refractivity contribution in [2.75, 3.05) is 51.7 Å². The maximum atomic E-state index is 17.9. The Kier molecular flexibility index (Phi) is 14.4. The largest absolute Gasteiger partial charge is 0.468 e. The Balaban J connectivity index is 1.62. The van der Waals surface area contributed by atoms with Crippen molar-refractivity contribution >= 4 is 41.7 Å². The molecule has 2 saturated heterocycles. The van der Waals surface area contributed by atoms with E-state index in [4.69, 9.17) is 33.9 Å². The summed E-state index contributed by atoms with van der Waals surface area (Å²) in [5, 5.41) is 4.58. The number of aromatic nitrogens is 3. The molecule has 2 aromatic carbocycles. The molecule has 0 unspecified atom stereocenters. The van der Waals surface area contributed by atoms with E-state index < -0.39 is 31.4 Å². The highest BCUT2D eigenvalue weighted by Gasteiger charge is 2.42. The van der Waals surface area contributed by atoms with Crippen LogP contribution in [0, 0.1) is 23.1 Å². The number of methoxy groups -OCH3 is 1. The molecule has 0 saturated carbocycles. The summed E-state index contributed by atoms with van der Waals surface area (Å²) in [6.07, 6.45) is 5.31. The Bertz CT molecular complexity index is 2300. The Morgan fingerprint density at radius 2 is 1.66 bits per heavy atom. The number of anilines is 1. The summed E-state index contributed by atoms with van der Waals surface area (Å²) < 4.78 is 57.7. The normalized spacial score (nSPS) is 17.9. The zero-order valence-corrected chi connectivity index (χ0v) is 39.9. The number of nitrogens with zero attached hydrogens (tertiary/aromatic N) is 6. The molecule has 6 rings (SSSR count). The first-order chi connectivity index (χ1) is 29.3. The lowest BCUT2D eigenvalue weighted by Crippen LogP contribution is -2.49. The number of rotatable bonds is 12. The minimum atomic E-state index is -2.32. The predicted octanol–water partition coefficient (Wildman–Crippen LogP) is 11.1. The van der Waals surface area contributed by atoms with Gasteiger partial charge in [-0.15, -0.1) is 5.54 Å². The van der Waals surface area contributed by atoms with Crippen LogP contribution in [0.15, 0.2) is 30.5 Å². The molecular weight excluding hydrogens is 807 g/mol. The van der Waals surface area contributed by atoms with Crippen molar-refractivity contribution in [2.45, 2.75) is 136 Å². The molecule has 2 fully saturated rings. The average molecular weight is 873 g/mol. The highest BCUT2D eigenvalue weighted by molar-refractivity contribution is 6.90. The summed E-state index contributed by atoms with van der Waals surface area (Å²) in [7, 11) is -0.802. The third-order valence-corrected chi connectivity index (χ3v) is 19.0. The van der Waals surface area contributed by atoms with Crippen LogP contribution in [0.2, 0.25) is 16.6 Å². The molecule has 2 aliphatic rings. The van der Waals surface area contributed by atoms with E-state index >= 15 is 8.78 Å². The van der Waals surface area contributed by atoms with E-state index in [-0.39, 0.29) is 58.5 Å². The third-order valence-electron chi connectivity index (χ3n) is 12.7. The fourth-order valence-corrected chi connectivity index (χ4v) is 14.9. The second-order valence-electron chi connectivity index (χ2n) is 19.0. The van der Waals surface area contributed by atoms with Gasteiger partial charge in [0.05, 0.1) is 16.5 Å². The molecule has 0 aliphatic carbocycles. The van der Waals surface area contributed by atoms with Gasteiger partial charge in [0.15, 0.2) is 18.4 Å². The molecule has 62 heavy (non-hydrogen) atoms. The molecule has 1 atom stereocenters. The number of likely N-dealkylation sites (N-methyl/N-ethyl adjacent to an activating group) is 1. The van der Waals surface area contributed by atoms with E-state index in [9.17, 15) is 4.79 Å². The monoisotopic (exact) mass is 872 g/mol. The number of hydrazine groups is 1. The lowest BCUT2D eigenvalue weighted by molar-refractivity contribution is 0.0232. The summed E-state index contributed by atoms with van der Waals surface area (Å²) in [6.45, 7) is 25.8. The fraction of sp³-hybridized carbons (Fsp3) is 0.583. The zero-order chi connectivity index (χ0) is 45.1. The van der Waals surface area contributed by atoms with Crippen molar-refractivity contribution in [3.8, 4) is 34.5 Å². The maximum Gasteiger partial charge on any atom is 0.429 e. The van der Waals surface area contributed by atoms with Gasteiger partial charge in [-0.25, -0.2) is 18.6 Å². The topological polar surface area (TPSA) is 102 Å². The summed E-state index contributed by atoms with van der Waals surface area (Å²) in [5.41, 5.74) is 3.90. The first-order valence-electron chi connectivity index (χ1n) is 22.3. The van der Waals surface area contributed by atoms with Gasteiger partial charge in [0.25, 0.3) is 0 Å². The minimum absolute atomic E-state index is 0.0295. The third kappa shape index (κ3) is 9.50. The maximum absolute atomic E-state index is 17.9. The number of halogens is 2. The van der Waals surface area contributed by atoms with Crippen LogP contribution in [0.5, 0.6) is 11.8 Å². The van der Waals surface area contributed by atoms with Crippen LogP contribution in [0.4, 0.5) is 19.4 Å². The summed E-state index contributed by atoms with van der Waals surface area (Å²) in [4.78, 5) is 30.7. The number of pyridine rings is 1. The van der Waals surface area contributed by atoms with Crippen LogP contribution in [0.1, 0.15) is 114 Å².